The van der Waals surface area contributed by atoms with Crippen molar-refractivity contribution in [2.24, 2.45) is 11.7 Å². The summed E-state index contributed by atoms with van der Waals surface area (Å²) in [7, 11) is 0. The molecular weight excluding hydrogens is 242 g/mol. The van der Waals surface area contributed by atoms with Crippen LogP contribution in [0.5, 0.6) is 0 Å². The topological polar surface area (TPSA) is 84.2 Å². The van der Waals surface area contributed by atoms with Gasteiger partial charge in [0, 0.05) is 31.5 Å². The molecule has 1 atom stereocenters. The van der Waals surface area contributed by atoms with E-state index in [1.165, 1.54) is 0 Å². The molecule has 0 aromatic rings. The van der Waals surface area contributed by atoms with E-state index in [2.05, 4.69) is 24.5 Å². The summed E-state index contributed by atoms with van der Waals surface area (Å²) in [4.78, 5) is 23.2. The van der Waals surface area contributed by atoms with Gasteiger partial charge in [0.2, 0.25) is 11.8 Å². The van der Waals surface area contributed by atoms with Crippen LogP contribution < -0.4 is 16.4 Å². The number of carbonyl (C=O) groups excluding carboxylic acids is 2. The molecule has 5 heteroatoms. The number of hydrogen-bond acceptors (Lipinski definition) is 3. The van der Waals surface area contributed by atoms with Crippen molar-refractivity contribution in [2.75, 3.05) is 13.1 Å². The molecule has 0 aliphatic rings. The predicted octanol–water partition coefficient (Wildman–Crippen LogP) is 1.17. The Balaban J connectivity index is 4.10. The van der Waals surface area contributed by atoms with Gasteiger partial charge in [-0.3, -0.25) is 9.59 Å². The lowest BCUT2D eigenvalue weighted by Crippen LogP contribution is -2.52. The molecule has 0 radical (unpaired) electrons. The molecule has 0 aliphatic heterocycles. The Morgan fingerprint density at radius 3 is 2.26 bits per heavy atom. The smallest absolute Gasteiger partial charge is 0.220 e. The molecule has 0 heterocycles. The Hall–Kier alpha value is -1.10. The number of nitrogens with one attached hydrogen (secondary N) is 2. The van der Waals surface area contributed by atoms with Gasteiger partial charge in [-0.2, -0.15) is 0 Å². The van der Waals surface area contributed by atoms with E-state index in [0.29, 0.717) is 19.0 Å². The lowest BCUT2D eigenvalue weighted by Gasteiger charge is -2.31. The van der Waals surface area contributed by atoms with E-state index in [1.807, 2.05) is 13.8 Å². The summed E-state index contributed by atoms with van der Waals surface area (Å²) in [5.41, 5.74) is 5.35. The molecule has 0 aromatic carbocycles. The van der Waals surface area contributed by atoms with Gasteiger partial charge in [0.15, 0.2) is 0 Å². The minimum atomic E-state index is -0.384. The molecule has 0 aliphatic carbocycles. The Kier molecular flexibility index (Phi) is 8.39. The first-order chi connectivity index (χ1) is 8.83. The van der Waals surface area contributed by atoms with Gasteiger partial charge in [0.05, 0.1) is 0 Å². The Morgan fingerprint density at radius 2 is 1.79 bits per heavy atom. The van der Waals surface area contributed by atoms with Crippen LogP contribution in [0.2, 0.25) is 0 Å². The number of rotatable bonds is 9. The van der Waals surface area contributed by atoms with Crippen LogP contribution in [0.3, 0.4) is 0 Å². The first-order valence-corrected chi connectivity index (χ1v) is 7.10. The van der Waals surface area contributed by atoms with Crippen molar-refractivity contribution in [3.05, 3.63) is 0 Å². The average molecular weight is 271 g/mol. The Bertz CT molecular complexity index is 292. The fourth-order valence-corrected chi connectivity index (χ4v) is 2.07. The lowest BCUT2D eigenvalue weighted by atomic mass is 9.90. The number of nitrogens with two attached hydrogens (primary N) is 1. The molecule has 0 saturated heterocycles. The quantitative estimate of drug-likeness (QED) is 0.588. The van der Waals surface area contributed by atoms with Crippen molar-refractivity contribution in [2.45, 2.75) is 58.9 Å². The standard InChI is InChI=1S/C14H29N3O2/c1-5-8-16-12(18)6-7-13(19)17-14(4,10-15)9-11(2)3/h11H,5-10,15H2,1-4H3,(H,16,18)(H,17,19). The van der Waals surface area contributed by atoms with Crippen LogP contribution in [-0.2, 0) is 9.59 Å². The fourth-order valence-electron chi connectivity index (χ4n) is 2.07. The first-order valence-electron chi connectivity index (χ1n) is 7.10. The third-order valence-electron chi connectivity index (χ3n) is 2.90. The molecule has 0 spiro atoms. The highest BCUT2D eigenvalue weighted by Crippen LogP contribution is 2.15. The van der Waals surface area contributed by atoms with Crippen molar-refractivity contribution in [1.82, 2.24) is 10.6 Å². The second-order valence-electron chi connectivity index (χ2n) is 5.76. The molecule has 5 nitrogen and oxygen atoms in total. The van der Waals surface area contributed by atoms with Crippen molar-refractivity contribution < 1.29 is 9.59 Å². The summed E-state index contributed by atoms with van der Waals surface area (Å²) in [5, 5.41) is 5.70. The van der Waals surface area contributed by atoms with Crippen molar-refractivity contribution >= 4 is 11.8 Å². The zero-order valence-electron chi connectivity index (χ0n) is 12.7. The fraction of sp³-hybridized carbons (Fsp3) is 0.857. The molecule has 0 rings (SSSR count). The molecule has 1 unspecified atom stereocenters. The summed E-state index contributed by atoms with van der Waals surface area (Å²) in [6.45, 7) is 9.19. The highest BCUT2D eigenvalue weighted by atomic mass is 16.2. The van der Waals surface area contributed by atoms with Crippen LogP contribution in [-0.4, -0.2) is 30.4 Å². The van der Waals surface area contributed by atoms with Gasteiger partial charge in [0.25, 0.3) is 0 Å². The molecule has 0 bridgehead atoms. The van der Waals surface area contributed by atoms with Gasteiger partial charge in [-0.15, -0.1) is 0 Å². The maximum Gasteiger partial charge on any atom is 0.220 e. The summed E-state index contributed by atoms with van der Waals surface area (Å²) in [6, 6.07) is 0. The summed E-state index contributed by atoms with van der Waals surface area (Å²) >= 11 is 0. The second kappa shape index (κ2) is 8.91. The maximum absolute atomic E-state index is 11.8. The summed E-state index contributed by atoms with van der Waals surface area (Å²) < 4.78 is 0. The minimum absolute atomic E-state index is 0.0738. The van der Waals surface area contributed by atoms with Crippen LogP contribution in [0.4, 0.5) is 0 Å². The van der Waals surface area contributed by atoms with Crippen LogP contribution in [0.15, 0.2) is 0 Å². The van der Waals surface area contributed by atoms with E-state index in [-0.39, 0.29) is 30.2 Å². The Labute approximate surface area is 116 Å². The van der Waals surface area contributed by atoms with E-state index >= 15 is 0 Å². The van der Waals surface area contributed by atoms with Gasteiger partial charge in [-0.05, 0) is 25.7 Å². The first kappa shape index (κ1) is 17.9. The van der Waals surface area contributed by atoms with Crippen LogP contribution in [0.1, 0.15) is 53.4 Å². The highest BCUT2D eigenvalue weighted by molar-refractivity contribution is 5.84. The van der Waals surface area contributed by atoms with Gasteiger partial charge < -0.3 is 16.4 Å². The van der Waals surface area contributed by atoms with Crippen molar-refractivity contribution in [3.63, 3.8) is 0 Å². The van der Waals surface area contributed by atoms with Crippen LogP contribution in [0, 0.1) is 5.92 Å². The number of carbonyl (C=O) groups is 2. The normalized spacial score (nSPS) is 14.0. The molecule has 19 heavy (non-hydrogen) atoms. The molecule has 0 saturated carbocycles. The molecule has 2 amide bonds. The Morgan fingerprint density at radius 1 is 1.21 bits per heavy atom. The van der Waals surface area contributed by atoms with Gasteiger partial charge >= 0.3 is 0 Å². The third kappa shape index (κ3) is 8.59. The minimum Gasteiger partial charge on any atom is -0.356 e. The van der Waals surface area contributed by atoms with Gasteiger partial charge in [0.1, 0.15) is 0 Å². The van der Waals surface area contributed by atoms with E-state index in [4.69, 9.17) is 5.73 Å². The molecular formula is C14H29N3O2. The van der Waals surface area contributed by atoms with Crippen molar-refractivity contribution in [1.29, 1.82) is 0 Å². The summed E-state index contributed by atoms with van der Waals surface area (Å²) in [5.74, 6) is 0.275. The highest BCUT2D eigenvalue weighted by Gasteiger charge is 2.25. The number of amides is 2. The molecule has 4 N–H and O–H groups in total. The zero-order chi connectivity index (χ0) is 14.9. The average Bonchev–Trinajstić information content (AvgIpc) is 2.32. The predicted molar refractivity (Wildman–Crippen MR) is 77.6 cm³/mol. The van der Waals surface area contributed by atoms with E-state index in [0.717, 1.165) is 12.8 Å². The third-order valence-corrected chi connectivity index (χ3v) is 2.90. The SMILES string of the molecule is CCCNC(=O)CCC(=O)NC(C)(CN)CC(C)C. The maximum atomic E-state index is 11.8. The van der Waals surface area contributed by atoms with Gasteiger partial charge in [-0.1, -0.05) is 20.8 Å². The van der Waals surface area contributed by atoms with E-state index in [9.17, 15) is 9.59 Å². The number of hydrogen-bond donors (Lipinski definition) is 3. The molecule has 0 fully saturated rings. The molecule has 112 valence electrons. The monoisotopic (exact) mass is 271 g/mol. The second-order valence-corrected chi connectivity index (χ2v) is 5.76. The van der Waals surface area contributed by atoms with Crippen LogP contribution >= 0.6 is 0 Å². The van der Waals surface area contributed by atoms with E-state index < -0.39 is 0 Å². The van der Waals surface area contributed by atoms with E-state index in [1.54, 1.807) is 0 Å². The lowest BCUT2D eigenvalue weighted by molar-refractivity contribution is -0.127. The largest absolute Gasteiger partial charge is 0.356 e. The zero-order valence-corrected chi connectivity index (χ0v) is 12.7. The van der Waals surface area contributed by atoms with Crippen molar-refractivity contribution in [3.8, 4) is 0 Å². The summed E-state index contributed by atoms with van der Waals surface area (Å²) in [6.07, 6.45) is 2.17. The van der Waals surface area contributed by atoms with Crippen LogP contribution in [0.25, 0.3) is 0 Å². The van der Waals surface area contributed by atoms with Gasteiger partial charge in [-0.25, -0.2) is 0 Å². The molecule has 0 aromatic heterocycles.